The Morgan fingerprint density at radius 2 is 1.67 bits per heavy atom. The van der Waals surface area contributed by atoms with E-state index in [0.29, 0.717) is 5.69 Å². The summed E-state index contributed by atoms with van der Waals surface area (Å²) >= 11 is 5.13. The molecule has 6 heteroatoms. The lowest BCUT2D eigenvalue weighted by Crippen LogP contribution is -2.21. The summed E-state index contributed by atoms with van der Waals surface area (Å²) in [6.45, 7) is 3.87. The third-order valence-corrected chi connectivity index (χ3v) is 3.83. The Kier molecular flexibility index (Phi) is 4.48. The summed E-state index contributed by atoms with van der Waals surface area (Å²) in [5.74, 6) is 0. The van der Waals surface area contributed by atoms with Crippen LogP contribution in [0.2, 0.25) is 0 Å². The number of hydrogen-bond acceptors (Lipinski definition) is 4. The van der Waals surface area contributed by atoms with E-state index in [1.54, 1.807) is 0 Å². The minimum Gasteiger partial charge on any atom is -0.374 e. The Labute approximate surface area is 145 Å². The molecule has 0 fully saturated rings. The molecule has 0 aliphatic heterocycles. The van der Waals surface area contributed by atoms with Crippen molar-refractivity contribution in [3.05, 3.63) is 65.9 Å². The van der Waals surface area contributed by atoms with Gasteiger partial charge < -0.3 is 5.73 Å². The number of nitrogens with zero attached hydrogens (tertiary/aromatic N) is 4. The van der Waals surface area contributed by atoms with Gasteiger partial charge in [-0.1, -0.05) is 48.5 Å². The van der Waals surface area contributed by atoms with Gasteiger partial charge in [0, 0.05) is 5.56 Å². The van der Waals surface area contributed by atoms with Crippen molar-refractivity contribution in [2.75, 3.05) is 0 Å². The average molecular weight is 335 g/mol. The molecular formula is C18H17N5S. The molecule has 0 aliphatic carbocycles. The van der Waals surface area contributed by atoms with Crippen molar-refractivity contribution in [1.29, 1.82) is 0 Å². The van der Waals surface area contributed by atoms with Gasteiger partial charge in [0.05, 0.1) is 11.4 Å². The van der Waals surface area contributed by atoms with E-state index >= 15 is 0 Å². The van der Waals surface area contributed by atoms with Crippen LogP contribution in [0.4, 0.5) is 11.4 Å². The molecule has 0 spiro atoms. The minimum atomic E-state index is 0.175. The number of azo groups is 1. The monoisotopic (exact) mass is 335 g/mol. The fraction of sp³-hybridized carbons (Fsp3) is 0.111. The van der Waals surface area contributed by atoms with E-state index in [1.165, 1.54) is 4.68 Å². The lowest BCUT2D eigenvalue weighted by Gasteiger charge is -2.06. The highest BCUT2D eigenvalue weighted by molar-refractivity contribution is 7.80. The van der Waals surface area contributed by atoms with E-state index in [2.05, 4.69) is 15.3 Å². The smallest absolute Gasteiger partial charge is 0.191 e. The van der Waals surface area contributed by atoms with Crippen LogP contribution in [0, 0.1) is 13.8 Å². The molecule has 5 nitrogen and oxygen atoms in total. The molecular weight excluding hydrogens is 318 g/mol. The molecule has 0 amide bonds. The molecule has 24 heavy (non-hydrogen) atoms. The molecule has 3 aromatic rings. The highest BCUT2D eigenvalue weighted by atomic mass is 32.1. The molecule has 2 aromatic carbocycles. The molecule has 1 heterocycles. The van der Waals surface area contributed by atoms with E-state index in [9.17, 15) is 0 Å². The molecule has 3 rings (SSSR count). The Morgan fingerprint density at radius 1 is 1.00 bits per heavy atom. The van der Waals surface area contributed by atoms with Gasteiger partial charge in [-0.25, -0.2) is 4.68 Å². The topological polar surface area (TPSA) is 68.6 Å². The third kappa shape index (κ3) is 3.09. The molecule has 120 valence electrons. The summed E-state index contributed by atoms with van der Waals surface area (Å²) in [5, 5.41) is 13.4. The summed E-state index contributed by atoms with van der Waals surface area (Å²) in [4.78, 5) is 0. The number of rotatable bonds is 3. The highest BCUT2D eigenvalue weighted by Gasteiger charge is 2.18. The highest BCUT2D eigenvalue weighted by Crippen LogP contribution is 2.34. The maximum absolute atomic E-state index is 5.83. The number of benzene rings is 2. The second-order valence-electron chi connectivity index (χ2n) is 5.39. The molecule has 0 unspecified atom stereocenters. The maximum atomic E-state index is 5.83. The Balaban J connectivity index is 2.14. The minimum absolute atomic E-state index is 0.175. The summed E-state index contributed by atoms with van der Waals surface area (Å²) in [7, 11) is 0. The van der Waals surface area contributed by atoms with Crippen molar-refractivity contribution in [2.45, 2.75) is 13.8 Å². The predicted octanol–water partition coefficient (Wildman–Crippen LogP) is 4.67. The third-order valence-electron chi connectivity index (χ3n) is 3.66. The number of thiocarbonyl (C=S) groups is 1. The van der Waals surface area contributed by atoms with Crippen molar-refractivity contribution < 1.29 is 0 Å². The molecule has 0 saturated heterocycles. The van der Waals surface area contributed by atoms with E-state index < -0.39 is 0 Å². The number of nitrogens with two attached hydrogens (primary N) is 1. The number of hydrogen-bond donors (Lipinski definition) is 1. The van der Waals surface area contributed by atoms with Crippen molar-refractivity contribution in [1.82, 2.24) is 9.78 Å². The van der Waals surface area contributed by atoms with Gasteiger partial charge in [0.25, 0.3) is 0 Å². The van der Waals surface area contributed by atoms with Gasteiger partial charge in [-0.3, -0.25) is 0 Å². The first kappa shape index (κ1) is 16.0. The van der Waals surface area contributed by atoms with Crippen LogP contribution in [0.3, 0.4) is 0 Å². The van der Waals surface area contributed by atoms with Crippen LogP contribution in [0.5, 0.6) is 0 Å². The van der Waals surface area contributed by atoms with Gasteiger partial charge >= 0.3 is 0 Å². The SMILES string of the molecule is Cc1ccccc1N=Nc1c(C)nn(C(N)=S)c1-c1ccccc1. The summed E-state index contributed by atoms with van der Waals surface area (Å²) in [6.07, 6.45) is 0. The van der Waals surface area contributed by atoms with Gasteiger partial charge in [-0.05, 0) is 37.7 Å². The summed E-state index contributed by atoms with van der Waals surface area (Å²) < 4.78 is 1.53. The second kappa shape index (κ2) is 6.72. The van der Waals surface area contributed by atoms with E-state index in [1.807, 2.05) is 68.4 Å². The normalized spacial score (nSPS) is 11.1. The zero-order chi connectivity index (χ0) is 17.1. The van der Waals surface area contributed by atoms with Crippen LogP contribution in [0.1, 0.15) is 11.3 Å². The molecule has 0 saturated carbocycles. The van der Waals surface area contributed by atoms with E-state index in [0.717, 1.165) is 28.2 Å². The quantitative estimate of drug-likeness (QED) is 0.558. The van der Waals surface area contributed by atoms with Crippen molar-refractivity contribution >= 4 is 28.7 Å². The van der Waals surface area contributed by atoms with Crippen LogP contribution in [0.15, 0.2) is 64.8 Å². The van der Waals surface area contributed by atoms with Gasteiger partial charge in [0.15, 0.2) is 5.11 Å². The lowest BCUT2D eigenvalue weighted by atomic mass is 10.1. The van der Waals surface area contributed by atoms with Crippen LogP contribution < -0.4 is 5.73 Å². The molecule has 0 atom stereocenters. The summed E-state index contributed by atoms with van der Waals surface area (Å²) in [5.41, 5.74) is 10.8. The van der Waals surface area contributed by atoms with Gasteiger partial charge in [-0.15, -0.1) is 5.11 Å². The second-order valence-corrected chi connectivity index (χ2v) is 5.80. The fourth-order valence-corrected chi connectivity index (χ4v) is 2.56. The lowest BCUT2D eigenvalue weighted by molar-refractivity contribution is 0.923. The number of aryl methyl sites for hydroxylation is 2. The largest absolute Gasteiger partial charge is 0.374 e. The zero-order valence-corrected chi connectivity index (χ0v) is 14.3. The van der Waals surface area contributed by atoms with Crippen molar-refractivity contribution in [2.24, 2.45) is 16.0 Å². The fourth-order valence-electron chi connectivity index (χ4n) is 2.43. The van der Waals surface area contributed by atoms with Crippen LogP contribution >= 0.6 is 12.2 Å². The first-order chi connectivity index (χ1) is 11.6. The Hall–Kier alpha value is -2.86. The Morgan fingerprint density at radius 3 is 2.33 bits per heavy atom. The van der Waals surface area contributed by atoms with Gasteiger partial charge in [0.2, 0.25) is 0 Å². The van der Waals surface area contributed by atoms with Crippen molar-refractivity contribution in [3.8, 4) is 11.3 Å². The molecule has 1 aromatic heterocycles. The average Bonchev–Trinajstić information content (AvgIpc) is 2.92. The first-order valence-corrected chi connectivity index (χ1v) is 7.91. The van der Waals surface area contributed by atoms with Crippen molar-refractivity contribution in [3.63, 3.8) is 0 Å². The van der Waals surface area contributed by atoms with Crippen LogP contribution in [-0.2, 0) is 0 Å². The zero-order valence-electron chi connectivity index (χ0n) is 13.5. The van der Waals surface area contributed by atoms with Gasteiger partial charge in [0.1, 0.15) is 11.4 Å². The Bertz CT molecular complexity index is 912. The predicted molar refractivity (Wildman–Crippen MR) is 99.9 cm³/mol. The molecule has 2 N–H and O–H groups in total. The molecule has 0 radical (unpaired) electrons. The molecule has 0 aliphatic rings. The number of aromatic nitrogens is 2. The standard InChI is InChI=1S/C18H17N5S/c1-12-8-6-7-11-15(12)20-21-16-13(2)22-23(18(19)24)17(16)14-9-4-3-5-10-14/h3-11H,1-2H3,(H2,19,24). The van der Waals surface area contributed by atoms with Gasteiger partial charge in [-0.2, -0.15) is 10.2 Å². The van der Waals surface area contributed by atoms with E-state index in [-0.39, 0.29) is 5.11 Å². The summed E-state index contributed by atoms with van der Waals surface area (Å²) in [6, 6.07) is 17.6. The van der Waals surface area contributed by atoms with Crippen LogP contribution in [0.25, 0.3) is 11.3 Å². The first-order valence-electron chi connectivity index (χ1n) is 7.50. The molecule has 0 bridgehead atoms. The van der Waals surface area contributed by atoms with E-state index in [4.69, 9.17) is 18.0 Å². The maximum Gasteiger partial charge on any atom is 0.191 e. The van der Waals surface area contributed by atoms with Crippen LogP contribution in [-0.4, -0.2) is 14.9 Å².